The molecule has 0 spiro atoms. The molecule has 1 aromatic carbocycles. The van der Waals surface area contributed by atoms with Crippen LogP contribution in [0.25, 0.3) is 0 Å². The monoisotopic (exact) mass is 425 g/mol. The molecule has 0 aliphatic rings. The van der Waals surface area contributed by atoms with E-state index in [1.807, 2.05) is 26.0 Å². The molecule has 2 rings (SSSR count). The Bertz CT molecular complexity index is 981. The first-order valence-corrected chi connectivity index (χ1v) is 9.85. The summed E-state index contributed by atoms with van der Waals surface area (Å²) >= 11 is 0. The van der Waals surface area contributed by atoms with Crippen molar-refractivity contribution in [3.05, 3.63) is 46.6 Å². The van der Waals surface area contributed by atoms with Crippen LogP contribution >= 0.6 is 0 Å². The third kappa shape index (κ3) is 6.42. The van der Waals surface area contributed by atoms with Crippen molar-refractivity contribution in [2.45, 2.75) is 27.4 Å². The first-order valence-electron chi connectivity index (χ1n) is 9.85. The molecule has 0 radical (unpaired) electrons. The Balaban J connectivity index is 1.99. The molecular formula is C22H27N5O4. The van der Waals surface area contributed by atoms with Crippen LogP contribution in [-0.4, -0.2) is 49.0 Å². The molecule has 0 bridgehead atoms. The molecule has 0 saturated heterocycles. The minimum atomic E-state index is -0.531. The van der Waals surface area contributed by atoms with Crippen molar-refractivity contribution in [2.24, 2.45) is 5.10 Å². The summed E-state index contributed by atoms with van der Waals surface area (Å²) in [6, 6.07) is 9.02. The minimum Gasteiger partial charge on any atom is -0.507 e. The number of hydrogen-bond acceptors (Lipinski definition) is 8. The van der Waals surface area contributed by atoms with Crippen molar-refractivity contribution in [1.29, 1.82) is 5.26 Å². The summed E-state index contributed by atoms with van der Waals surface area (Å²) in [6.45, 7) is 7.36. The number of ether oxygens (including phenoxy) is 2. The number of phenols is 1. The summed E-state index contributed by atoms with van der Waals surface area (Å²) in [6.07, 6.45) is 1.35. The number of hydrazone groups is 1. The van der Waals surface area contributed by atoms with Gasteiger partial charge in [-0.2, -0.15) is 10.4 Å². The van der Waals surface area contributed by atoms with Gasteiger partial charge in [-0.25, -0.2) is 10.4 Å². The number of carbonyl (C=O) groups excluding carboxylic acids is 1. The highest BCUT2D eigenvalue weighted by molar-refractivity contribution is 5.86. The van der Waals surface area contributed by atoms with E-state index in [1.165, 1.54) is 13.3 Å². The van der Waals surface area contributed by atoms with Crippen molar-refractivity contribution in [1.82, 2.24) is 10.4 Å². The normalized spacial score (nSPS) is 10.7. The molecule has 31 heavy (non-hydrogen) atoms. The third-order valence-corrected chi connectivity index (χ3v) is 4.48. The van der Waals surface area contributed by atoms with E-state index >= 15 is 0 Å². The van der Waals surface area contributed by atoms with E-state index < -0.39 is 5.91 Å². The van der Waals surface area contributed by atoms with Crippen LogP contribution in [0.4, 0.5) is 5.69 Å². The summed E-state index contributed by atoms with van der Waals surface area (Å²) in [5.41, 5.74) is 5.20. The molecule has 2 aromatic rings. The second-order valence-corrected chi connectivity index (χ2v) is 6.64. The van der Waals surface area contributed by atoms with Crippen molar-refractivity contribution in [3.8, 4) is 17.7 Å². The van der Waals surface area contributed by atoms with Gasteiger partial charge < -0.3 is 19.5 Å². The molecule has 0 aliphatic heterocycles. The average molecular weight is 425 g/mol. The summed E-state index contributed by atoms with van der Waals surface area (Å²) in [5.74, 6) is -0.402. The lowest BCUT2D eigenvalue weighted by atomic mass is 10.1. The smallest absolute Gasteiger partial charge is 0.278 e. The fourth-order valence-corrected chi connectivity index (χ4v) is 2.97. The fraction of sp³-hybridized carbons (Fsp3) is 0.364. The molecule has 0 fully saturated rings. The highest BCUT2D eigenvalue weighted by Crippen LogP contribution is 2.24. The van der Waals surface area contributed by atoms with Crippen LogP contribution in [0.5, 0.6) is 11.6 Å². The zero-order valence-corrected chi connectivity index (χ0v) is 18.2. The Labute approximate surface area is 181 Å². The number of aromatic nitrogens is 1. The van der Waals surface area contributed by atoms with E-state index in [-0.39, 0.29) is 30.4 Å². The largest absolute Gasteiger partial charge is 0.507 e. The predicted molar refractivity (Wildman–Crippen MR) is 117 cm³/mol. The highest BCUT2D eigenvalue weighted by Gasteiger charge is 2.14. The molecule has 0 aliphatic carbocycles. The summed E-state index contributed by atoms with van der Waals surface area (Å²) in [5, 5.41) is 23.4. The molecule has 9 nitrogen and oxygen atoms in total. The molecule has 2 N–H and O–H groups in total. The van der Waals surface area contributed by atoms with Gasteiger partial charge in [-0.05, 0) is 39.0 Å². The second-order valence-electron chi connectivity index (χ2n) is 6.64. The van der Waals surface area contributed by atoms with Crippen LogP contribution in [0.15, 0.2) is 29.4 Å². The number of nitriles is 1. The zero-order chi connectivity index (χ0) is 22.8. The quantitative estimate of drug-likeness (QED) is 0.443. The highest BCUT2D eigenvalue weighted by atomic mass is 16.5. The lowest BCUT2D eigenvalue weighted by Crippen LogP contribution is -2.25. The average Bonchev–Trinajstić information content (AvgIpc) is 2.74. The standard InChI is InChI=1S/C22H27N5O4/c1-5-27(6-2)18-8-7-16(20(28)10-18)12-24-26-21(29)14-31-22-19(11-23)17(13-30-4)9-15(3)25-22/h7-10,12,28H,5-6,13-14H2,1-4H3,(H,26,29). The van der Waals surface area contributed by atoms with Gasteiger partial charge in [0, 0.05) is 48.8 Å². The molecule has 1 aromatic heterocycles. The molecule has 9 heteroatoms. The van der Waals surface area contributed by atoms with Gasteiger partial charge >= 0.3 is 0 Å². The zero-order valence-electron chi connectivity index (χ0n) is 18.2. The maximum atomic E-state index is 12.1. The lowest BCUT2D eigenvalue weighted by Gasteiger charge is -2.21. The lowest BCUT2D eigenvalue weighted by molar-refractivity contribution is -0.123. The van der Waals surface area contributed by atoms with E-state index in [1.54, 1.807) is 25.1 Å². The fourth-order valence-electron chi connectivity index (χ4n) is 2.97. The summed E-state index contributed by atoms with van der Waals surface area (Å²) < 4.78 is 10.5. The van der Waals surface area contributed by atoms with Gasteiger partial charge in [-0.3, -0.25) is 4.79 Å². The van der Waals surface area contributed by atoms with Crippen LogP contribution in [0.1, 0.15) is 36.2 Å². The number of phenolic OH excluding ortho intramolecular Hbond substituents is 1. The Morgan fingerprint density at radius 2 is 2.10 bits per heavy atom. The Kier molecular flexibility index (Phi) is 8.78. The van der Waals surface area contributed by atoms with Gasteiger partial charge in [0.25, 0.3) is 5.91 Å². The number of nitrogens with zero attached hydrogens (tertiary/aromatic N) is 4. The van der Waals surface area contributed by atoms with Crippen molar-refractivity contribution < 1.29 is 19.4 Å². The van der Waals surface area contributed by atoms with Crippen molar-refractivity contribution in [3.63, 3.8) is 0 Å². The molecule has 0 saturated carbocycles. The van der Waals surface area contributed by atoms with Crippen LogP contribution in [0.2, 0.25) is 0 Å². The number of methoxy groups -OCH3 is 1. The van der Waals surface area contributed by atoms with Gasteiger partial charge in [0.2, 0.25) is 5.88 Å². The van der Waals surface area contributed by atoms with Crippen LogP contribution in [0, 0.1) is 18.3 Å². The number of carbonyl (C=O) groups is 1. The van der Waals surface area contributed by atoms with E-state index in [0.29, 0.717) is 16.8 Å². The Morgan fingerprint density at radius 3 is 2.71 bits per heavy atom. The minimum absolute atomic E-state index is 0.0620. The van der Waals surface area contributed by atoms with Crippen molar-refractivity contribution in [2.75, 3.05) is 31.7 Å². The first-order chi connectivity index (χ1) is 14.9. The van der Waals surface area contributed by atoms with Crippen LogP contribution in [0.3, 0.4) is 0 Å². The van der Waals surface area contributed by atoms with E-state index in [2.05, 4.69) is 20.4 Å². The Morgan fingerprint density at radius 1 is 1.35 bits per heavy atom. The maximum Gasteiger partial charge on any atom is 0.278 e. The molecular weight excluding hydrogens is 398 g/mol. The second kappa shape index (κ2) is 11.5. The molecule has 1 amide bonds. The van der Waals surface area contributed by atoms with Crippen molar-refractivity contribution >= 4 is 17.8 Å². The van der Waals surface area contributed by atoms with E-state index in [0.717, 1.165) is 18.8 Å². The summed E-state index contributed by atoms with van der Waals surface area (Å²) in [4.78, 5) is 18.3. The third-order valence-electron chi connectivity index (χ3n) is 4.48. The van der Waals surface area contributed by atoms with E-state index in [4.69, 9.17) is 9.47 Å². The summed E-state index contributed by atoms with van der Waals surface area (Å²) in [7, 11) is 1.53. The Hall–Kier alpha value is -3.64. The van der Waals surface area contributed by atoms with Gasteiger partial charge in [0.05, 0.1) is 12.8 Å². The molecule has 0 atom stereocenters. The number of anilines is 1. The molecule has 0 unspecified atom stereocenters. The van der Waals surface area contributed by atoms with Crippen LogP contribution in [-0.2, 0) is 16.1 Å². The van der Waals surface area contributed by atoms with E-state index in [9.17, 15) is 15.2 Å². The van der Waals surface area contributed by atoms with Gasteiger partial charge in [-0.15, -0.1) is 0 Å². The number of amides is 1. The number of aryl methyl sites for hydroxylation is 1. The van der Waals surface area contributed by atoms with Gasteiger partial charge in [0.15, 0.2) is 6.61 Å². The number of rotatable bonds is 10. The maximum absolute atomic E-state index is 12.1. The first kappa shape index (κ1) is 23.6. The number of aromatic hydroxyl groups is 1. The predicted octanol–water partition coefficient (Wildman–Crippen LogP) is 2.49. The SMILES string of the molecule is CCN(CC)c1ccc(C=NNC(=O)COc2nc(C)cc(COC)c2C#N)c(O)c1. The topological polar surface area (TPSA) is 120 Å². The van der Waals surface area contributed by atoms with Gasteiger partial charge in [-0.1, -0.05) is 0 Å². The van der Waals surface area contributed by atoms with Gasteiger partial charge in [0.1, 0.15) is 17.4 Å². The number of nitrogens with one attached hydrogen (secondary N) is 1. The molecule has 1 heterocycles. The molecule has 164 valence electrons. The van der Waals surface area contributed by atoms with Crippen LogP contribution < -0.4 is 15.1 Å². The number of pyridine rings is 1. The number of hydrogen-bond donors (Lipinski definition) is 2. The number of benzene rings is 1.